The van der Waals surface area contributed by atoms with Crippen LogP contribution in [0.15, 0.2) is 48.5 Å². The fraction of sp³-hybridized carbons (Fsp3) is 0.0667. The van der Waals surface area contributed by atoms with E-state index in [9.17, 15) is 9.59 Å². The molecule has 0 fully saturated rings. The molecule has 98 valence electrons. The molecule has 4 heteroatoms. The van der Waals surface area contributed by atoms with E-state index in [4.69, 9.17) is 23.2 Å². The van der Waals surface area contributed by atoms with Crippen molar-refractivity contribution in [3.8, 4) is 0 Å². The Morgan fingerprint density at radius 2 is 1.58 bits per heavy atom. The van der Waals surface area contributed by atoms with Crippen LogP contribution in [0, 0.1) is 0 Å². The summed E-state index contributed by atoms with van der Waals surface area (Å²) in [7, 11) is 0. The van der Waals surface area contributed by atoms with Crippen molar-refractivity contribution in [2.45, 2.75) is 6.92 Å². The molecule has 2 nitrogen and oxygen atoms in total. The lowest BCUT2D eigenvalue weighted by Gasteiger charge is -1.93. The number of carbonyl (C=O) groups excluding carboxylic acids is 2. The summed E-state index contributed by atoms with van der Waals surface area (Å²) in [5.74, 6) is 0.0440. The van der Waals surface area contributed by atoms with Gasteiger partial charge in [0.25, 0.3) is 0 Å². The smallest absolute Gasteiger partial charge is 0.159 e. The highest BCUT2D eigenvalue weighted by atomic mass is 35.5. The third-order valence-corrected chi connectivity index (χ3v) is 2.69. The first-order valence-electron chi connectivity index (χ1n) is 5.50. The molecule has 2 rings (SSSR count). The van der Waals surface area contributed by atoms with Gasteiger partial charge in [0.05, 0.1) is 0 Å². The minimum absolute atomic E-state index is 0.0440. The summed E-state index contributed by atoms with van der Waals surface area (Å²) in [5, 5.41) is 1.20. The maximum Gasteiger partial charge on any atom is 0.159 e. The first kappa shape index (κ1) is 15.4. The quantitative estimate of drug-likeness (QED) is 0.594. The van der Waals surface area contributed by atoms with Crippen molar-refractivity contribution in [1.29, 1.82) is 0 Å². The topological polar surface area (TPSA) is 34.1 Å². The fourth-order valence-electron chi connectivity index (χ4n) is 1.29. The monoisotopic (exact) mass is 294 g/mol. The molecule has 0 saturated carbocycles. The zero-order chi connectivity index (χ0) is 14.3. The summed E-state index contributed by atoms with van der Waals surface area (Å²) in [6.45, 7) is 1.52. The molecule has 0 radical (unpaired) electrons. The number of benzene rings is 2. The number of Topliss-reactive ketones (excluding diaryl/α,β-unsaturated/α-hetero) is 1. The Morgan fingerprint density at radius 3 is 1.95 bits per heavy atom. The van der Waals surface area contributed by atoms with Gasteiger partial charge in [-0.25, -0.2) is 0 Å². The van der Waals surface area contributed by atoms with E-state index < -0.39 is 0 Å². The lowest BCUT2D eigenvalue weighted by Crippen LogP contribution is -1.89. The zero-order valence-corrected chi connectivity index (χ0v) is 11.8. The standard InChI is InChI=1S/C8H7ClO.C7H5ClO/c1-6(10)7-3-2-4-8(9)5-7;8-7-3-1-2-6(4-7)5-9/h2-5H,1H3;1-5H. The van der Waals surface area contributed by atoms with Gasteiger partial charge in [-0.2, -0.15) is 0 Å². The molecule has 2 aromatic rings. The average Bonchev–Trinajstić information content (AvgIpc) is 2.39. The zero-order valence-electron chi connectivity index (χ0n) is 10.3. The summed E-state index contributed by atoms with van der Waals surface area (Å²) in [4.78, 5) is 20.8. The Bertz CT molecular complexity index is 580. The van der Waals surface area contributed by atoms with Gasteiger partial charge in [0, 0.05) is 21.2 Å². The maximum absolute atomic E-state index is 10.7. The molecule has 0 aliphatic heterocycles. The largest absolute Gasteiger partial charge is 0.298 e. The molecular weight excluding hydrogens is 283 g/mol. The van der Waals surface area contributed by atoms with Gasteiger partial charge in [-0.15, -0.1) is 0 Å². The average molecular weight is 295 g/mol. The molecule has 19 heavy (non-hydrogen) atoms. The molecule has 0 heterocycles. The molecule has 0 amide bonds. The van der Waals surface area contributed by atoms with Crippen LogP contribution in [-0.4, -0.2) is 12.1 Å². The molecule has 0 bridgehead atoms. The Labute approximate surface area is 122 Å². The first-order valence-corrected chi connectivity index (χ1v) is 6.26. The molecule has 2 aromatic carbocycles. The highest BCUT2D eigenvalue weighted by Crippen LogP contribution is 2.10. The number of hydrogen-bond donors (Lipinski definition) is 0. The molecule has 0 saturated heterocycles. The fourth-order valence-corrected chi connectivity index (χ4v) is 1.68. The molecule has 0 aliphatic rings. The molecule has 0 spiro atoms. The lowest BCUT2D eigenvalue weighted by molar-refractivity contribution is 0.101. The van der Waals surface area contributed by atoms with Gasteiger partial charge in [0.15, 0.2) is 5.78 Å². The molecule has 0 unspecified atom stereocenters. The van der Waals surface area contributed by atoms with E-state index in [-0.39, 0.29) is 5.78 Å². The summed E-state index contributed by atoms with van der Waals surface area (Å²) in [6, 6.07) is 13.7. The molecule has 0 N–H and O–H groups in total. The minimum atomic E-state index is 0.0440. The second kappa shape index (κ2) is 7.72. The third-order valence-electron chi connectivity index (χ3n) is 2.22. The van der Waals surface area contributed by atoms with Gasteiger partial charge in [0.2, 0.25) is 0 Å². The SMILES string of the molecule is CC(=O)c1cccc(Cl)c1.O=Cc1cccc(Cl)c1. The van der Waals surface area contributed by atoms with Crippen molar-refractivity contribution in [3.63, 3.8) is 0 Å². The van der Waals surface area contributed by atoms with Crippen molar-refractivity contribution < 1.29 is 9.59 Å². The van der Waals surface area contributed by atoms with E-state index in [0.717, 1.165) is 6.29 Å². The van der Waals surface area contributed by atoms with E-state index in [0.29, 0.717) is 21.2 Å². The number of rotatable bonds is 2. The van der Waals surface area contributed by atoms with Crippen LogP contribution in [0.3, 0.4) is 0 Å². The first-order chi connectivity index (χ1) is 9.02. The summed E-state index contributed by atoms with van der Waals surface area (Å²) < 4.78 is 0. The van der Waals surface area contributed by atoms with Gasteiger partial charge in [-0.05, 0) is 31.2 Å². The third kappa shape index (κ3) is 5.69. The van der Waals surface area contributed by atoms with E-state index in [1.54, 1.807) is 48.5 Å². The Kier molecular flexibility index (Phi) is 6.26. The predicted octanol–water partition coefficient (Wildman–Crippen LogP) is 4.70. The van der Waals surface area contributed by atoms with E-state index >= 15 is 0 Å². The number of halogens is 2. The number of ketones is 1. The van der Waals surface area contributed by atoms with Crippen LogP contribution in [0.5, 0.6) is 0 Å². The minimum Gasteiger partial charge on any atom is -0.298 e. The lowest BCUT2D eigenvalue weighted by atomic mass is 10.2. The molecule has 0 aliphatic carbocycles. The molecule has 0 atom stereocenters. The van der Waals surface area contributed by atoms with E-state index in [1.165, 1.54) is 6.92 Å². The summed E-state index contributed by atoms with van der Waals surface area (Å²) in [5.41, 5.74) is 1.27. The molecular formula is C15H12Cl2O2. The highest BCUT2D eigenvalue weighted by Gasteiger charge is 1.96. The Hall–Kier alpha value is -1.64. The predicted molar refractivity (Wildman–Crippen MR) is 78.3 cm³/mol. The summed E-state index contributed by atoms with van der Waals surface area (Å²) >= 11 is 11.2. The van der Waals surface area contributed by atoms with Crippen molar-refractivity contribution in [2.75, 3.05) is 0 Å². The number of hydrogen-bond acceptors (Lipinski definition) is 2. The van der Waals surface area contributed by atoms with Crippen molar-refractivity contribution in [3.05, 3.63) is 69.7 Å². The van der Waals surface area contributed by atoms with Crippen molar-refractivity contribution in [1.82, 2.24) is 0 Å². The Balaban J connectivity index is 0.000000191. The van der Waals surface area contributed by atoms with E-state index in [1.807, 2.05) is 0 Å². The van der Waals surface area contributed by atoms with Crippen molar-refractivity contribution >= 4 is 35.3 Å². The summed E-state index contributed by atoms with van der Waals surface area (Å²) in [6.07, 6.45) is 0.770. The number of carbonyl (C=O) groups is 2. The highest BCUT2D eigenvalue weighted by molar-refractivity contribution is 6.31. The van der Waals surface area contributed by atoms with Crippen LogP contribution in [0.25, 0.3) is 0 Å². The van der Waals surface area contributed by atoms with Crippen LogP contribution >= 0.6 is 23.2 Å². The van der Waals surface area contributed by atoms with E-state index in [2.05, 4.69) is 0 Å². The van der Waals surface area contributed by atoms with Crippen LogP contribution in [0.1, 0.15) is 27.6 Å². The van der Waals surface area contributed by atoms with Gasteiger partial charge >= 0.3 is 0 Å². The second-order valence-corrected chi connectivity index (χ2v) is 4.61. The maximum atomic E-state index is 10.7. The second-order valence-electron chi connectivity index (χ2n) is 3.74. The Morgan fingerprint density at radius 1 is 1.00 bits per heavy atom. The van der Waals surface area contributed by atoms with Gasteiger partial charge in [-0.3, -0.25) is 9.59 Å². The van der Waals surface area contributed by atoms with Crippen molar-refractivity contribution in [2.24, 2.45) is 0 Å². The van der Waals surface area contributed by atoms with Crippen LogP contribution < -0.4 is 0 Å². The van der Waals surface area contributed by atoms with Gasteiger partial charge < -0.3 is 0 Å². The van der Waals surface area contributed by atoms with Gasteiger partial charge in [-0.1, -0.05) is 47.5 Å². The van der Waals surface area contributed by atoms with Crippen LogP contribution in [0.4, 0.5) is 0 Å². The number of aldehydes is 1. The van der Waals surface area contributed by atoms with Gasteiger partial charge in [0.1, 0.15) is 6.29 Å². The normalized spacial score (nSPS) is 9.21. The van der Waals surface area contributed by atoms with Crippen LogP contribution in [-0.2, 0) is 0 Å². The van der Waals surface area contributed by atoms with Crippen LogP contribution in [0.2, 0.25) is 10.0 Å². The molecule has 0 aromatic heterocycles.